The van der Waals surface area contributed by atoms with Crippen LogP contribution in [0.1, 0.15) is 5.56 Å². The molecule has 2 N–H and O–H groups in total. The molecule has 0 heterocycles. The molecular weight excluding hydrogens is 209 g/mol. The van der Waals surface area contributed by atoms with Crippen LogP contribution in [0.5, 0.6) is 0 Å². The summed E-state index contributed by atoms with van der Waals surface area (Å²) in [4.78, 5) is 0. The second-order valence-electron chi connectivity index (χ2n) is 1.87. The quantitative estimate of drug-likeness (QED) is 0.760. The Hall–Kier alpha value is 0.0900. The lowest BCUT2D eigenvalue weighted by Crippen LogP contribution is -1.79. The van der Waals surface area contributed by atoms with E-state index in [9.17, 15) is 0 Å². The molecule has 0 aromatic heterocycles. The Labute approximate surface area is 73.6 Å². The summed E-state index contributed by atoms with van der Waals surface area (Å²) in [5.41, 5.74) is 6.72. The highest BCUT2D eigenvalue weighted by atomic mass is 79.9. The molecule has 0 saturated heterocycles. The molecule has 1 atom stereocenters. The molecule has 0 bridgehead atoms. The maximum absolute atomic E-state index is 5.39. The van der Waals surface area contributed by atoms with Gasteiger partial charge < -0.3 is 5.50 Å². The lowest BCUT2D eigenvalue weighted by Gasteiger charge is -1.93. The van der Waals surface area contributed by atoms with Gasteiger partial charge in [0.2, 0.25) is 0 Å². The summed E-state index contributed by atoms with van der Waals surface area (Å²) in [6.45, 7) is 0. The van der Waals surface area contributed by atoms with Crippen LogP contribution < -0.4 is 5.50 Å². The van der Waals surface area contributed by atoms with E-state index in [0.29, 0.717) is 8.73 Å². The van der Waals surface area contributed by atoms with Gasteiger partial charge in [0, 0.05) is 6.16 Å². The van der Waals surface area contributed by atoms with E-state index in [4.69, 9.17) is 5.50 Å². The third-order valence-corrected chi connectivity index (χ3v) is 1.76. The molecule has 1 rings (SSSR count). The number of nitrogens with two attached hydrogens (primary N) is 1. The van der Waals surface area contributed by atoms with Crippen LogP contribution in [0.4, 0.5) is 0 Å². The number of hydrogen-bond donors (Lipinski definition) is 1. The second-order valence-corrected chi connectivity index (χ2v) is 2.63. The Bertz CT molecular complexity index is 167. The van der Waals surface area contributed by atoms with Crippen molar-refractivity contribution in [2.75, 3.05) is 0 Å². The molecule has 3 heteroatoms. The highest BCUT2D eigenvalue weighted by Crippen LogP contribution is 2.09. The fourth-order valence-corrected chi connectivity index (χ4v) is 1.19. The fraction of sp³-hybridized carbons (Fsp3) is 0.143. The van der Waals surface area contributed by atoms with Crippen LogP contribution in [0.3, 0.4) is 0 Å². The Morgan fingerprint density at radius 1 is 1.20 bits per heavy atom. The van der Waals surface area contributed by atoms with Crippen LogP contribution in [0.15, 0.2) is 30.3 Å². The third kappa shape index (κ3) is 3.31. The molecule has 0 spiro atoms. The minimum Gasteiger partial charge on any atom is -0.312 e. The zero-order valence-electron chi connectivity index (χ0n) is 5.58. The molecule has 1 unspecified atom stereocenters. The molecular formula is C7H11BrNP. The van der Waals surface area contributed by atoms with Gasteiger partial charge in [0.05, 0.1) is 0 Å². The van der Waals surface area contributed by atoms with E-state index in [1.54, 1.807) is 0 Å². The maximum atomic E-state index is 5.39. The first-order chi connectivity index (χ1) is 4.43. The molecule has 0 aliphatic heterocycles. The SMILES string of the molecule is Br.NPCc1ccccc1. The number of benzene rings is 1. The van der Waals surface area contributed by atoms with Gasteiger partial charge in [-0.3, -0.25) is 0 Å². The second kappa shape index (κ2) is 5.84. The van der Waals surface area contributed by atoms with Gasteiger partial charge in [0.25, 0.3) is 0 Å². The molecule has 56 valence electrons. The van der Waals surface area contributed by atoms with Crippen molar-refractivity contribution >= 4 is 25.7 Å². The highest BCUT2D eigenvalue weighted by Gasteiger charge is 1.84. The van der Waals surface area contributed by atoms with Crippen molar-refractivity contribution in [1.82, 2.24) is 0 Å². The average molecular weight is 220 g/mol. The summed E-state index contributed by atoms with van der Waals surface area (Å²) in [7, 11) is 0.535. The minimum absolute atomic E-state index is 0. The number of halogens is 1. The van der Waals surface area contributed by atoms with Gasteiger partial charge in [-0.1, -0.05) is 39.1 Å². The molecule has 0 fully saturated rings. The van der Waals surface area contributed by atoms with Crippen LogP contribution in [0.25, 0.3) is 0 Å². The van der Waals surface area contributed by atoms with Crippen molar-refractivity contribution in [3.8, 4) is 0 Å². The van der Waals surface area contributed by atoms with E-state index < -0.39 is 0 Å². The van der Waals surface area contributed by atoms with Crippen molar-refractivity contribution in [2.24, 2.45) is 5.50 Å². The number of rotatable bonds is 2. The fourth-order valence-electron chi connectivity index (χ4n) is 0.714. The molecule has 0 saturated carbocycles. The zero-order chi connectivity index (χ0) is 6.53. The Kier molecular flexibility index (Phi) is 5.90. The van der Waals surface area contributed by atoms with Gasteiger partial charge in [-0.2, -0.15) is 0 Å². The van der Waals surface area contributed by atoms with Gasteiger partial charge in [-0.05, 0) is 5.56 Å². The highest BCUT2D eigenvalue weighted by molar-refractivity contribution is 8.93. The van der Waals surface area contributed by atoms with Gasteiger partial charge >= 0.3 is 0 Å². The monoisotopic (exact) mass is 219 g/mol. The lowest BCUT2D eigenvalue weighted by atomic mass is 10.2. The van der Waals surface area contributed by atoms with E-state index in [0.717, 1.165) is 6.16 Å². The largest absolute Gasteiger partial charge is 0.312 e. The molecule has 10 heavy (non-hydrogen) atoms. The lowest BCUT2D eigenvalue weighted by molar-refractivity contribution is 1.40. The number of hydrogen-bond acceptors (Lipinski definition) is 1. The van der Waals surface area contributed by atoms with Crippen molar-refractivity contribution in [2.45, 2.75) is 6.16 Å². The molecule has 0 amide bonds. The third-order valence-electron chi connectivity index (χ3n) is 1.15. The molecule has 1 nitrogen and oxygen atoms in total. The Morgan fingerprint density at radius 2 is 1.80 bits per heavy atom. The van der Waals surface area contributed by atoms with Crippen LogP contribution in [-0.2, 0) is 6.16 Å². The zero-order valence-corrected chi connectivity index (χ0v) is 8.29. The summed E-state index contributed by atoms with van der Waals surface area (Å²) in [6.07, 6.45) is 1.01. The summed E-state index contributed by atoms with van der Waals surface area (Å²) >= 11 is 0. The summed E-state index contributed by atoms with van der Waals surface area (Å²) in [5, 5.41) is 0. The first kappa shape index (κ1) is 10.1. The Balaban J connectivity index is 0.000000810. The maximum Gasteiger partial charge on any atom is 0.00281 e. The van der Waals surface area contributed by atoms with Crippen LogP contribution in [-0.4, -0.2) is 0 Å². The van der Waals surface area contributed by atoms with E-state index in [1.807, 2.05) is 18.2 Å². The first-order valence-corrected chi connectivity index (χ1v) is 4.19. The van der Waals surface area contributed by atoms with Crippen molar-refractivity contribution in [3.05, 3.63) is 35.9 Å². The van der Waals surface area contributed by atoms with Crippen LogP contribution in [0, 0.1) is 0 Å². The average Bonchev–Trinajstić information content (AvgIpc) is 1.91. The van der Waals surface area contributed by atoms with E-state index in [2.05, 4.69) is 12.1 Å². The summed E-state index contributed by atoms with van der Waals surface area (Å²) in [5.74, 6) is 0. The van der Waals surface area contributed by atoms with Gasteiger partial charge in [0.15, 0.2) is 0 Å². The standard InChI is InChI=1S/C7H10NP.BrH/c8-9-6-7-4-2-1-3-5-7;/h1-5,9H,6,8H2;1H. The summed E-state index contributed by atoms with van der Waals surface area (Å²) in [6, 6.07) is 10.3. The van der Waals surface area contributed by atoms with E-state index >= 15 is 0 Å². The molecule has 1 aromatic rings. The van der Waals surface area contributed by atoms with E-state index in [-0.39, 0.29) is 17.0 Å². The van der Waals surface area contributed by atoms with Gasteiger partial charge in [-0.15, -0.1) is 17.0 Å². The van der Waals surface area contributed by atoms with Crippen molar-refractivity contribution in [1.29, 1.82) is 0 Å². The smallest absolute Gasteiger partial charge is 0.00281 e. The van der Waals surface area contributed by atoms with Crippen LogP contribution in [0.2, 0.25) is 0 Å². The normalized spacial score (nSPS) is 9.70. The predicted octanol–water partition coefficient (Wildman–Crippen LogP) is 2.32. The van der Waals surface area contributed by atoms with E-state index in [1.165, 1.54) is 5.56 Å². The topological polar surface area (TPSA) is 26.0 Å². The van der Waals surface area contributed by atoms with Gasteiger partial charge in [0.1, 0.15) is 0 Å². The molecule has 0 radical (unpaired) electrons. The van der Waals surface area contributed by atoms with Crippen molar-refractivity contribution < 1.29 is 0 Å². The van der Waals surface area contributed by atoms with Gasteiger partial charge in [-0.25, -0.2) is 0 Å². The molecule has 1 aromatic carbocycles. The first-order valence-electron chi connectivity index (χ1n) is 2.91. The van der Waals surface area contributed by atoms with Crippen molar-refractivity contribution in [3.63, 3.8) is 0 Å². The van der Waals surface area contributed by atoms with Crippen LogP contribution >= 0.6 is 25.7 Å². The summed E-state index contributed by atoms with van der Waals surface area (Å²) < 4.78 is 0. The molecule has 0 aliphatic rings. The predicted molar refractivity (Wildman–Crippen MR) is 53.0 cm³/mol. The minimum atomic E-state index is 0. The Morgan fingerprint density at radius 3 is 2.30 bits per heavy atom. The molecule has 0 aliphatic carbocycles.